The lowest BCUT2D eigenvalue weighted by atomic mass is 10.1. The average Bonchev–Trinajstić information content (AvgIpc) is 2.96. The Labute approximate surface area is 231 Å². The molecule has 0 fully saturated rings. The maximum Gasteiger partial charge on any atom is 0.264 e. The summed E-state index contributed by atoms with van der Waals surface area (Å²) in [5, 5.41) is 2.94. The van der Waals surface area contributed by atoms with E-state index in [9.17, 15) is 18.0 Å². The van der Waals surface area contributed by atoms with E-state index in [0.717, 1.165) is 16.3 Å². The molecule has 0 heterocycles. The van der Waals surface area contributed by atoms with Gasteiger partial charge in [0.15, 0.2) is 0 Å². The van der Waals surface area contributed by atoms with E-state index in [1.807, 2.05) is 44.2 Å². The quantitative estimate of drug-likeness (QED) is 0.342. The summed E-state index contributed by atoms with van der Waals surface area (Å²) in [5.41, 5.74) is 1.32. The average molecular weight is 552 g/mol. The summed E-state index contributed by atoms with van der Waals surface area (Å²) in [4.78, 5) is 28.5. The molecule has 0 aliphatic heterocycles. The molecule has 39 heavy (non-hydrogen) atoms. The number of carbonyl (C=O) groups excluding carboxylic acids is 2. The van der Waals surface area contributed by atoms with Crippen LogP contribution in [0.4, 0.5) is 5.69 Å². The predicted molar refractivity (Wildman–Crippen MR) is 153 cm³/mol. The molecule has 1 N–H and O–H groups in total. The third-order valence-corrected chi connectivity index (χ3v) is 8.41. The molecular formula is C30H37N3O5S. The molecular weight excluding hydrogens is 514 g/mol. The maximum atomic E-state index is 13.9. The van der Waals surface area contributed by atoms with Crippen molar-refractivity contribution in [2.24, 2.45) is 0 Å². The highest BCUT2D eigenvalue weighted by molar-refractivity contribution is 7.92. The molecule has 0 aliphatic rings. The Balaban J connectivity index is 1.96. The summed E-state index contributed by atoms with van der Waals surface area (Å²) >= 11 is 0. The van der Waals surface area contributed by atoms with Gasteiger partial charge in [-0.2, -0.15) is 0 Å². The molecule has 0 spiro atoms. The van der Waals surface area contributed by atoms with Crippen LogP contribution in [0.2, 0.25) is 0 Å². The number of rotatable bonds is 13. The molecule has 2 amide bonds. The highest BCUT2D eigenvalue weighted by atomic mass is 32.2. The molecule has 0 aromatic heterocycles. The minimum Gasteiger partial charge on any atom is -0.497 e. The number of hydrogen-bond donors (Lipinski definition) is 1. The SMILES string of the molecule is CCC(C)NC(=O)C(C)N(CCc1ccccc1)C(=O)CN(c1ccc(OC)cc1)S(=O)(=O)c1ccccc1. The summed E-state index contributed by atoms with van der Waals surface area (Å²) in [6.07, 6.45) is 1.26. The van der Waals surface area contributed by atoms with Gasteiger partial charge in [0.05, 0.1) is 17.7 Å². The Hall–Kier alpha value is -3.85. The molecule has 0 bridgehead atoms. The van der Waals surface area contributed by atoms with Crippen molar-refractivity contribution >= 4 is 27.5 Å². The van der Waals surface area contributed by atoms with Crippen LogP contribution in [0, 0.1) is 0 Å². The third-order valence-electron chi connectivity index (χ3n) is 6.62. The van der Waals surface area contributed by atoms with Crippen molar-refractivity contribution in [3.8, 4) is 5.75 Å². The highest BCUT2D eigenvalue weighted by Crippen LogP contribution is 2.26. The number of nitrogens with one attached hydrogen (secondary N) is 1. The van der Waals surface area contributed by atoms with Crippen LogP contribution in [-0.4, -0.2) is 57.4 Å². The predicted octanol–water partition coefficient (Wildman–Crippen LogP) is 4.27. The van der Waals surface area contributed by atoms with Crippen molar-refractivity contribution in [3.05, 3.63) is 90.5 Å². The zero-order chi connectivity index (χ0) is 28.4. The number of nitrogens with zero attached hydrogens (tertiary/aromatic N) is 2. The molecule has 2 unspecified atom stereocenters. The number of hydrogen-bond acceptors (Lipinski definition) is 5. The molecule has 3 aromatic rings. The van der Waals surface area contributed by atoms with Gasteiger partial charge in [-0.1, -0.05) is 55.5 Å². The van der Waals surface area contributed by atoms with E-state index >= 15 is 0 Å². The second kappa shape index (κ2) is 13.8. The Kier molecular flexibility index (Phi) is 10.5. The Bertz CT molecular complexity index is 1320. The van der Waals surface area contributed by atoms with Gasteiger partial charge in [0.2, 0.25) is 11.8 Å². The van der Waals surface area contributed by atoms with E-state index in [1.165, 1.54) is 24.1 Å². The molecule has 8 nitrogen and oxygen atoms in total. The number of benzene rings is 3. The number of sulfonamides is 1. The smallest absolute Gasteiger partial charge is 0.264 e. The minimum absolute atomic E-state index is 0.0553. The zero-order valence-electron chi connectivity index (χ0n) is 22.9. The van der Waals surface area contributed by atoms with Crippen LogP contribution >= 0.6 is 0 Å². The third kappa shape index (κ3) is 7.83. The molecule has 2 atom stereocenters. The Morgan fingerprint density at radius 3 is 2.05 bits per heavy atom. The van der Waals surface area contributed by atoms with Crippen LogP contribution in [0.5, 0.6) is 5.75 Å². The Morgan fingerprint density at radius 1 is 0.897 bits per heavy atom. The first-order chi connectivity index (χ1) is 18.7. The van der Waals surface area contributed by atoms with Crippen LogP contribution in [-0.2, 0) is 26.0 Å². The monoisotopic (exact) mass is 551 g/mol. The topological polar surface area (TPSA) is 96.0 Å². The normalized spacial score (nSPS) is 12.7. The first-order valence-electron chi connectivity index (χ1n) is 13.0. The van der Waals surface area contributed by atoms with Crippen LogP contribution in [0.15, 0.2) is 89.8 Å². The van der Waals surface area contributed by atoms with Crippen LogP contribution in [0.1, 0.15) is 32.8 Å². The van der Waals surface area contributed by atoms with Gasteiger partial charge in [-0.3, -0.25) is 13.9 Å². The van der Waals surface area contributed by atoms with E-state index in [0.29, 0.717) is 17.9 Å². The van der Waals surface area contributed by atoms with Crippen LogP contribution in [0.3, 0.4) is 0 Å². The fraction of sp³-hybridized carbons (Fsp3) is 0.333. The molecule has 0 aliphatic carbocycles. The van der Waals surface area contributed by atoms with Crippen molar-refractivity contribution in [2.45, 2.75) is 50.6 Å². The first kappa shape index (κ1) is 29.7. The molecule has 0 saturated heterocycles. The van der Waals surface area contributed by atoms with Gasteiger partial charge in [0.25, 0.3) is 10.0 Å². The zero-order valence-corrected chi connectivity index (χ0v) is 23.7. The van der Waals surface area contributed by atoms with Crippen LogP contribution in [0.25, 0.3) is 0 Å². The lowest BCUT2D eigenvalue weighted by molar-refractivity contribution is -0.139. The van der Waals surface area contributed by atoms with E-state index in [2.05, 4.69) is 5.32 Å². The molecule has 9 heteroatoms. The molecule has 0 radical (unpaired) electrons. The van der Waals surface area contributed by atoms with Crippen molar-refractivity contribution < 1.29 is 22.7 Å². The van der Waals surface area contributed by atoms with E-state index in [-0.39, 0.29) is 23.4 Å². The maximum absolute atomic E-state index is 13.9. The second-order valence-corrected chi connectivity index (χ2v) is 11.2. The number of carbonyl (C=O) groups is 2. The number of anilines is 1. The number of amides is 2. The lowest BCUT2D eigenvalue weighted by Crippen LogP contribution is -2.53. The van der Waals surface area contributed by atoms with Gasteiger partial charge in [0.1, 0.15) is 18.3 Å². The minimum atomic E-state index is -4.09. The molecule has 3 rings (SSSR count). The highest BCUT2D eigenvalue weighted by Gasteiger charge is 2.32. The molecule has 3 aromatic carbocycles. The summed E-state index contributed by atoms with van der Waals surface area (Å²) < 4.78 is 33.8. The molecule has 0 saturated carbocycles. The number of methoxy groups -OCH3 is 1. The van der Waals surface area contributed by atoms with Gasteiger partial charge in [-0.25, -0.2) is 8.42 Å². The van der Waals surface area contributed by atoms with Gasteiger partial charge in [0, 0.05) is 12.6 Å². The Morgan fingerprint density at radius 2 is 1.49 bits per heavy atom. The van der Waals surface area contributed by atoms with Gasteiger partial charge in [-0.15, -0.1) is 0 Å². The molecule has 208 valence electrons. The lowest BCUT2D eigenvalue weighted by Gasteiger charge is -2.32. The fourth-order valence-electron chi connectivity index (χ4n) is 4.03. The van der Waals surface area contributed by atoms with Gasteiger partial charge in [-0.05, 0) is 68.7 Å². The van der Waals surface area contributed by atoms with Crippen molar-refractivity contribution in [3.63, 3.8) is 0 Å². The van der Waals surface area contributed by atoms with Crippen molar-refractivity contribution in [2.75, 3.05) is 24.5 Å². The largest absolute Gasteiger partial charge is 0.497 e. The first-order valence-corrected chi connectivity index (χ1v) is 14.5. The van der Waals surface area contributed by atoms with E-state index in [1.54, 1.807) is 49.4 Å². The van der Waals surface area contributed by atoms with Crippen LogP contribution < -0.4 is 14.4 Å². The standard InChI is InChI=1S/C30H37N3O5S/c1-5-23(2)31-30(35)24(3)32(21-20-25-12-8-6-9-13-25)29(34)22-33(26-16-18-27(38-4)19-17-26)39(36,37)28-14-10-7-11-15-28/h6-19,23-24H,5,20-22H2,1-4H3,(H,31,35). The summed E-state index contributed by atoms with van der Waals surface area (Å²) in [6, 6.07) is 23.3. The van der Waals surface area contributed by atoms with E-state index in [4.69, 9.17) is 4.74 Å². The van der Waals surface area contributed by atoms with E-state index < -0.39 is 28.5 Å². The summed E-state index contributed by atoms with van der Waals surface area (Å²) in [6.45, 7) is 5.32. The fourth-order valence-corrected chi connectivity index (χ4v) is 5.47. The summed E-state index contributed by atoms with van der Waals surface area (Å²) in [7, 11) is -2.57. The van der Waals surface area contributed by atoms with Crippen molar-refractivity contribution in [1.29, 1.82) is 0 Å². The summed E-state index contributed by atoms with van der Waals surface area (Å²) in [5.74, 6) is -0.206. The van der Waals surface area contributed by atoms with Gasteiger partial charge < -0.3 is 15.0 Å². The second-order valence-electron chi connectivity index (χ2n) is 9.34. The van der Waals surface area contributed by atoms with Crippen molar-refractivity contribution in [1.82, 2.24) is 10.2 Å². The van der Waals surface area contributed by atoms with Gasteiger partial charge >= 0.3 is 0 Å². The number of ether oxygens (including phenoxy) is 1.